The fourth-order valence-electron chi connectivity index (χ4n) is 2.06. The first-order valence-electron chi connectivity index (χ1n) is 6.99. The van der Waals surface area contributed by atoms with Crippen LogP contribution in [0.3, 0.4) is 0 Å². The molecule has 0 unspecified atom stereocenters. The van der Waals surface area contributed by atoms with E-state index in [9.17, 15) is 0 Å². The van der Waals surface area contributed by atoms with Crippen molar-refractivity contribution in [2.24, 2.45) is 5.10 Å². The number of hydrogen-bond donors (Lipinski definition) is 1. The Morgan fingerprint density at radius 2 is 1.70 bits per heavy atom. The van der Waals surface area contributed by atoms with Gasteiger partial charge in [0.2, 0.25) is 0 Å². The van der Waals surface area contributed by atoms with E-state index in [1.165, 1.54) is 0 Å². The smallest absolute Gasteiger partial charge is 0.161 e. The molecule has 0 bridgehead atoms. The standard InChI is InChI=1S/C17H18Cl2N2O2/c1-11(12-7-8-16(22-2)17(9-12)23-3)21-20-10-13-14(18)5-4-6-15(13)19/h4-9,20H,10H2,1-3H3/b21-11-. The van der Waals surface area contributed by atoms with Gasteiger partial charge in [-0.1, -0.05) is 29.3 Å². The first-order valence-corrected chi connectivity index (χ1v) is 7.75. The largest absolute Gasteiger partial charge is 0.493 e. The SMILES string of the molecule is COc1ccc(/C(C)=N\NCc2c(Cl)cccc2Cl)cc1OC. The van der Waals surface area contributed by atoms with Gasteiger partial charge in [0, 0.05) is 21.2 Å². The first kappa shape index (κ1) is 17.4. The Bertz CT molecular complexity index is 697. The van der Waals surface area contributed by atoms with E-state index in [1.54, 1.807) is 26.4 Å². The fraction of sp³-hybridized carbons (Fsp3) is 0.235. The summed E-state index contributed by atoms with van der Waals surface area (Å²) in [4.78, 5) is 0. The molecular formula is C17H18Cl2N2O2. The second kappa shape index (κ2) is 8.09. The predicted octanol–water partition coefficient (Wildman–Crippen LogP) is 4.52. The second-order valence-corrected chi connectivity index (χ2v) is 5.62. The van der Waals surface area contributed by atoms with Gasteiger partial charge in [-0.2, -0.15) is 5.10 Å². The Kier molecular flexibility index (Phi) is 6.13. The van der Waals surface area contributed by atoms with Crippen LogP contribution in [0.5, 0.6) is 11.5 Å². The highest BCUT2D eigenvalue weighted by molar-refractivity contribution is 6.35. The van der Waals surface area contributed by atoms with Crippen molar-refractivity contribution in [3.05, 3.63) is 57.6 Å². The summed E-state index contributed by atoms with van der Waals surface area (Å²) in [6.07, 6.45) is 0. The minimum Gasteiger partial charge on any atom is -0.493 e. The van der Waals surface area contributed by atoms with Crippen LogP contribution in [0.15, 0.2) is 41.5 Å². The highest BCUT2D eigenvalue weighted by Gasteiger charge is 2.07. The monoisotopic (exact) mass is 352 g/mol. The highest BCUT2D eigenvalue weighted by Crippen LogP contribution is 2.28. The van der Waals surface area contributed by atoms with Gasteiger partial charge in [0.15, 0.2) is 11.5 Å². The lowest BCUT2D eigenvalue weighted by Crippen LogP contribution is -2.10. The lowest BCUT2D eigenvalue weighted by Gasteiger charge is -2.10. The fourth-order valence-corrected chi connectivity index (χ4v) is 2.60. The molecule has 23 heavy (non-hydrogen) atoms. The Morgan fingerprint density at radius 1 is 1.04 bits per heavy atom. The van der Waals surface area contributed by atoms with Crippen molar-refractivity contribution >= 4 is 28.9 Å². The molecule has 0 saturated heterocycles. The summed E-state index contributed by atoms with van der Waals surface area (Å²) >= 11 is 12.3. The van der Waals surface area contributed by atoms with Crippen LogP contribution in [0.1, 0.15) is 18.1 Å². The van der Waals surface area contributed by atoms with Gasteiger partial charge in [-0.25, -0.2) is 0 Å². The van der Waals surface area contributed by atoms with E-state index in [2.05, 4.69) is 10.5 Å². The second-order valence-electron chi connectivity index (χ2n) is 4.80. The van der Waals surface area contributed by atoms with Crippen LogP contribution >= 0.6 is 23.2 Å². The number of benzene rings is 2. The lowest BCUT2D eigenvalue weighted by atomic mass is 10.1. The predicted molar refractivity (Wildman–Crippen MR) is 95.1 cm³/mol. The quantitative estimate of drug-likeness (QED) is 0.613. The molecule has 0 aliphatic rings. The number of nitrogens with one attached hydrogen (secondary N) is 1. The van der Waals surface area contributed by atoms with Crippen LogP contribution in [-0.2, 0) is 6.54 Å². The zero-order valence-electron chi connectivity index (χ0n) is 13.2. The van der Waals surface area contributed by atoms with Crippen LogP contribution < -0.4 is 14.9 Å². The molecule has 6 heteroatoms. The zero-order chi connectivity index (χ0) is 16.8. The van der Waals surface area contributed by atoms with Crippen molar-refractivity contribution in [1.82, 2.24) is 5.43 Å². The van der Waals surface area contributed by atoms with Gasteiger partial charge in [-0.15, -0.1) is 0 Å². The van der Waals surface area contributed by atoms with Crippen LogP contribution in [0.2, 0.25) is 10.0 Å². The maximum Gasteiger partial charge on any atom is 0.161 e. The molecule has 0 atom stereocenters. The molecule has 0 spiro atoms. The number of halogens is 2. The molecular weight excluding hydrogens is 335 g/mol. The first-order chi connectivity index (χ1) is 11.1. The maximum absolute atomic E-state index is 6.13. The van der Waals surface area contributed by atoms with E-state index < -0.39 is 0 Å². The average Bonchev–Trinajstić information content (AvgIpc) is 2.56. The van der Waals surface area contributed by atoms with Gasteiger partial charge >= 0.3 is 0 Å². The van der Waals surface area contributed by atoms with Gasteiger partial charge < -0.3 is 14.9 Å². The van der Waals surface area contributed by atoms with E-state index in [0.29, 0.717) is 28.1 Å². The number of methoxy groups -OCH3 is 2. The molecule has 0 saturated carbocycles. The van der Waals surface area contributed by atoms with E-state index in [4.69, 9.17) is 32.7 Å². The minimum atomic E-state index is 0.448. The molecule has 0 aromatic heterocycles. The molecule has 0 radical (unpaired) electrons. The Labute approximate surface area is 146 Å². The molecule has 0 heterocycles. The summed E-state index contributed by atoms with van der Waals surface area (Å²) < 4.78 is 10.5. The average molecular weight is 353 g/mol. The molecule has 4 nitrogen and oxygen atoms in total. The third-order valence-corrected chi connectivity index (χ3v) is 4.07. The number of hydrazone groups is 1. The van der Waals surface area contributed by atoms with E-state index in [0.717, 1.165) is 16.8 Å². The van der Waals surface area contributed by atoms with E-state index in [1.807, 2.05) is 31.2 Å². The summed E-state index contributed by atoms with van der Waals surface area (Å²) in [6.45, 7) is 2.35. The van der Waals surface area contributed by atoms with E-state index in [-0.39, 0.29) is 0 Å². The number of ether oxygens (including phenoxy) is 2. The molecule has 2 aromatic rings. The highest BCUT2D eigenvalue weighted by atomic mass is 35.5. The van der Waals surface area contributed by atoms with Crippen LogP contribution in [0.25, 0.3) is 0 Å². The molecule has 2 aromatic carbocycles. The number of hydrogen-bond acceptors (Lipinski definition) is 4. The number of nitrogens with zero attached hydrogens (tertiary/aromatic N) is 1. The molecule has 0 aliphatic carbocycles. The Hall–Kier alpha value is -1.91. The van der Waals surface area contributed by atoms with Gasteiger partial charge in [0.05, 0.1) is 26.5 Å². The van der Waals surface area contributed by atoms with Gasteiger partial charge in [0.25, 0.3) is 0 Å². The molecule has 0 aliphatic heterocycles. The normalized spacial score (nSPS) is 11.3. The summed E-state index contributed by atoms with van der Waals surface area (Å²) in [7, 11) is 3.21. The summed E-state index contributed by atoms with van der Waals surface area (Å²) in [6, 6.07) is 11.1. The van der Waals surface area contributed by atoms with Crippen molar-refractivity contribution in [1.29, 1.82) is 0 Å². The summed E-state index contributed by atoms with van der Waals surface area (Å²) in [5, 5.41) is 5.59. The molecule has 122 valence electrons. The molecule has 0 fully saturated rings. The lowest BCUT2D eigenvalue weighted by molar-refractivity contribution is 0.355. The summed E-state index contributed by atoms with van der Waals surface area (Å²) in [5.41, 5.74) is 5.56. The number of rotatable bonds is 6. The van der Waals surface area contributed by atoms with Crippen LogP contribution in [0, 0.1) is 0 Å². The van der Waals surface area contributed by atoms with Crippen LogP contribution in [-0.4, -0.2) is 19.9 Å². The van der Waals surface area contributed by atoms with Crippen LogP contribution in [0.4, 0.5) is 0 Å². The minimum absolute atomic E-state index is 0.448. The van der Waals surface area contributed by atoms with Gasteiger partial charge in [-0.3, -0.25) is 0 Å². The van der Waals surface area contributed by atoms with Crippen molar-refractivity contribution in [3.63, 3.8) is 0 Å². The zero-order valence-corrected chi connectivity index (χ0v) is 14.7. The Morgan fingerprint density at radius 3 is 2.30 bits per heavy atom. The Balaban J connectivity index is 2.11. The van der Waals surface area contributed by atoms with Crippen molar-refractivity contribution in [3.8, 4) is 11.5 Å². The molecule has 1 N–H and O–H groups in total. The van der Waals surface area contributed by atoms with Crippen molar-refractivity contribution in [2.75, 3.05) is 14.2 Å². The van der Waals surface area contributed by atoms with Crippen molar-refractivity contribution in [2.45, 2.75) is 13.5 Å². The third-order valence-electron chi connectivity index (χ3n) is 3.37. The maximum atomic E-state index is 6.13. The van der Waals surface area contributed by atoms with Gasteiger partial charge in [-0.05, 0) is 37.3 Å². The van der Waals surface area contributed by atoms with E-state index >= 15 is 0 Å². The van der Waals surface area contributed by atoms with Gasteiger partial charge in [0.1, 0.15) is 0 Å². The topological polar surface area (TPSA) is 42.8 Å². The molecule has 2 rings (SSSR count). The molecule has 0 amide bonds. The van der Waals surface area contributed by atoms with Crippen molar-refractivity contribution < 1.29 is 9.47 Å². The third kappa shape index (κ3) is 4.30. The summed E-state index contributed by atoms with van der Waals surface area (Å²) in [5.74, 6) is 1.34.